The van der Waals surface area contributed by atoms with Gasteiger partial charge in [0.2, 0.25) is 5.89 Å². The van der Waals surface area contributed by atoms with E-state index < -0.39 is 0 Å². The van der Waals surface area contributed by atoms with Gasteiger partial charge in [-0.1, -0.05) is 48.5 Å². The Morgan fingerprint density at radius 2 is 1.81 bits per heavy atom. The van der Waals surface area contributed by atoms with Crippen molar-refractivity contribution in [3.05, 3.63) is 77.7 Å². The summed E-state index contributed by atoms with van der Waals surface area (Å²) in [7, 11) is 0. The van der Waals surface area contributed by atoms with E-state index in [2.05, 4.69) is 29.2 Å². The van der Waals surface area contributed by atoms with E-state index in [4.69, 9.17) is 14.1 Å². The number of hydrogen-bond donors (Lipinski definition) is 0. The highest BCUT2D eigenvalue weighted by Gasteiger charge is 2.42. The van der Waals surface area contributed by atoms with Crippen molar-refractivity contribution in [3.63, 3.8) is 0 Å². The first-order valence-electron chi connectivity index (χ1n) is 9.33. The first kappa shape index (κ1) is 15.8. The summed E-state index contributed by atoms with van der Waals surface area (Å²) < 4.78 is 12.6. The van der Waals surface area contributed by atoms with Crippen molar-refractivity contribution in [3.8, 4) is 11.5 Å². The Kier molecular flexibility index (Phi) is 4.07. The molecule has 3 aromatic rings. The lowest BCUT2D eigenvalue weighted by molar-refractivity contribution is -0.0384. The second kappa shape index (κ2) is 6.71. The molecular formula is C22H22N2O2. The van der Waals surface area contributed by atoms with E-state index in [0.717, 1.165) is 36.5 Å². The van der Waals surface area contributed by atoms with Crippen LogP contribution >= 0.6 is 0 Å². The minimum absolute atomic E-state index is 0.0496. The second-order valence-corrected chi connectivity index (χ2v) is 7.09. The summed E-state index contributed by atoms with van der Waals surface area (Å²) in [6.07, 6.45) is 2.32. The molecular weight excluding hydrogens is 324 g/mol. The molecule has 0 N–H and O–H groups in total. The molecule has 1 saturated heterocycles. The normalized spacial score (nSPS) is 22.2. The largest absolute Gasteiger partial charge is 0.438 e. The van der Waals surface area contributed by atoms with Crippen LogP contribution in [0.4, 0.5) is 0 Å². The van der Waals surface area contributed by atoms with E-state index >= 15 is 0 Å². The Balaban J connectivity index is 1.46. The van der Waals surface area contributed by atoms with Gasteiger partial charge in [0.25, 0.3) is 0 Å². The molecule has 26 heavy (non-hydrogen) atoms. The SMILES string of the molecule is c1ccc(CO[C@@H]2c3oc(-c4ccccc4)nc3CN3CCC[C@@H]23)cc1. The Morgan fingerprint density at radius 3 is 2.62 bits per heavy atom. The number of hydrogen-bond acceptors (Lipinski definition) is 4. The van der Waals surface area contributed by atoms with E-state index in [1.807, 2.05) is 36.4 Å². The minimum Gasteiger partial charge on any atom is -0.438 e. The maximum atomic E-state index is 6.38. The molecule has 2 atom stereocenters. The predicted octanol–water partition coefficient (Wildman–Crippen LogP) is 4.58. The third kappa shape index (κ3) is 2.85. The lowest BCUT2D eigenvalue weighted by Gasteiger charge is -2.34. The Morgan fingerprint density at radius 1 is 1.04 bits per heavy atom. The highest BCUT2D eigenvalue weighted by atomic mass is 16.5. The third-order valence-corrected chi connectivity index (χ3v) is 5.40. The quantitative estimate of drug-likeness (QED) is 0.693. The molecule has 4 nitrogen and oxygen atoms in total. The summed E-state index contributed by atoms with van der Waals surface area (Å²) in [5.74, 6) is 1.62. The zero-order valence-corrected chi connectivity index (χ0v) is 14.7. The van der Waals surface area contributed by atoms with Crippen molar-refractivity contribution in [1.29, 1.82) is 0 Å². The molecule has 0 bridgehead atoms. The number of ether oxygens (including phenoxy) is 1. The van der Waals surface area contributed by atoms with Crippen molar-refractivity contribution in [2.75, 3.05) is 6.54 Å². The number of aromatic nitrogens is 1. The van der Waals surface area contributed by atoms with Gasteiger partial charge in [0.05, 0.1) is 12.3 Å². The monoisotopic (exact) mass is 346 g/mol. The molecule has 0 saturated carbocycles. The minimum atomic E-state index is -0.0496. The zero-order valence-electron chi connectivity index (χ0n) is 14.7. The number of oxazole rings is 1. The summed E-state index contributed by atoms with van der Waals surface area (Å²) in [6, 6.07) is 20.8. The van der Waals surface area contributed by atoms with E-state index in [1.165, 1.54) is 12.0 Å². The smallest absolute Gasteiger partial charge is 0.226 e. The van der Waals surface area contributed by atoms with Crippen LogP contribution in [0, 0.1) is 0 Å². The van der Waals surface area contributed by atoms with E-state index in [9.17, 15) is 0 Å². The van der Waals surface area contributed by atoms with Gasteiger partial charge < -0.3 is 9.15 Å². The Bertz CT molecular complexity index is 876. The fourth-order valence-electron chi connectivity index (χ4n) is 4.11. The first-order chi connectivity index (χ1) is 12.9. The lowest BCUT2D eigenvalue weighted by Crippen LogP contribution is -2.39. The molecule has 1 fully saturated rings. The van der Waals surface area contributed by atoms with Gasteiger partial charge in [-0.25, -0.2) is 4.98 Å². The average molecular weight is 346 g/mol. The van der Waals surface area contributed by atoms with Crippen molar-refractivity contribution < 1.29 is 9.15 Å². The van der Waals surface area contributed by atoms with Crippen molar-refractivity contribution >= 4 is 0 Å². The lowest BCUT2D eigenvalue weighted by atomic mass is 10.0. The van der Waals surface area contributed by atoms with Crippen LogP contribution in [0.3, 0.4) is 0 Å². The van der Waals surface area contributed by atoms with Crippen LogP contribution in [-0.4, -0.2) is 22.5 Å². The van der Waals surface area contributed by atoms with Gasteiger partial charge in [0.15, 0.2) is 5.76 Å². The van der Waals surface area contributed by atoms with Crippen LogP contribution in [-0.2, 0) is 17.9 Å². The number of benzene rings is 2. The Hall–Kier alpha value is -2.43. The van der Waals surface area contributed by atoms with Crippen molar-refractivity contribution in [2.45, 2.75) is 38.1 Å². The maximum absolute atomic E-state index is 6.38. The van der Waals surface area contributed by atoms with Crippen LogP contribution in [0.15, 0.2) is 65.1 Å². The summed E-state index contributed by atoms with van der Waals surface area (Å²) in [5.41, 5.74) is 3.23. The molecule has 3 heterocycles. The number of rotatable bonds is 4. The van der Waals surface area contributed by atoms with Crippen molar-refractivity contribution in [1.82, 2.24) is 9.88 Å². The van der Waals surface area contributed by atoms with Gasteiger partial charge in [-0.3, -0.25) is 4.90 Å². The number of nitrogens with zero attached hydrogens (tertiary/aromatic N) is 2. The maximum Gasteiger partial charge on any atom is 0.226 e. The van der Waals surface area contributed by atoms with Crippen LogP contribution < -0.4 is 0 Å². The standard InChI is InChI=1S/C22H22N2O2/c1-3-8-16(9-4-1)15-25-21-19-12-7-13-24(19)14-18-20(21)26-22(23-18)17-10-5-2-6-11-17/h1-6,8-11,19,21H,7,12-15H2/t19-,21-/m0/s1. The molecule has 1 aromatic heterocycles. The molecule has 0 unspecified atom stereocenters. The summed E-state index contributed by atoms with van der Waals surface area (Å²) >= 11 is 0. The first-order valence-corrected chi connectivity index (χ1v) is 9.33. The Labute approximate surface area is 153 Å². The molecule has 2 aromatic carbocycles. The highest BCUT2D eigenvalue weighted by Crippen LogP contribution is 2.41. The van der Waals surface area contributed by atoms with Gasteiger partial charge in [-0.15, -0.1) is 0 Å². The van der Waals surface area contributed by atoms with Gasteiger partial charge in [-0.05, 0) is 37.1 Å². The van der Waals surface area contributed by atoms with E-state index in [0.29, 0.717) is 18.5 Å². The van der Waals surface area contributed by atoms with Gasteiger partial charge in [0.1, 0.15) is 6.10 Å². The molecule has 0 amide bonds. The number of fused-ring (bicyclic) bond motifs is 2. The average Bonchev–Trinajstić information content (AvgIpc) is 3.33. The van der Waals surface area contributed by atoms with Crippen molar-refractivity contribution in [2.24, 2.45) is 0 Å². The van der Waals surface area contributed by atoms with Gasteiger partial charge in [0, 0.05) is 18.2 Å². The fraction of sp³-hybridized carbons (Fsp3) is 0.318. The third-order valence-electron chi connectivity index (χ3n) is 5.40. The van der Waals surface area contributed by atoms with Crippen LogP contribution in [0.2, 0.25) is 0 Å². The van der Waals surface area contributed by atoms with Gasteiger partial charge >= 0.3 is 0 Å². The van der Waals surface area contributed by atoms with Crippen LogP contribution in [0.5, 0.6) is 0 Å². The van der Waals surface area contributed by atoms with Crippen LogP contribution in [0.1, 0.15) is 36.0 Å². The highest BCUT2D eigenvalue weighted by molar-refractivity contribution is 5.53. The zero-order chi connectivity index (χ0) is 17.3. The van der Waals surface area contributed by atoms with E-state index in [-0.39, 0.29) is 6.10 Å². The van der Waals surface area contributed by atoms with Gasteiger partial charge in [-0.2, -0.15) is 0 Å². The summed E-state index contributed by atoms with van der Waals surface area (Å²) in [6.45, 7) is 2.57. The molecule has 4 heteroatoms. The summed E-state index contributed by atoms with van der Waals surface area (Å²) in [4.78, 5) is 7.29. The molecule has 2 aliphatic rings. The predicted molar refractivity (Wildman–Crippen MR) is 99.3 cm³/mol. The fourth-order valence-corrected chi connectivity index (χ4v) is 4.11. The van der Waals surface area contributed by atoms with E-state index in [1.54, 1.807) is 0 Å². The second-order valence-electron chi connectivity index (χ2n) is 7.09. The molecule has 0 spiro atoms. The summed E-state index contributed by atoms with van der Waals surface area (Å²) in [5, 5.41) is 0. The molecule has 132 valence electrons. The van der Waals surface area contributed by atoms with Crippen LogP contribution in [0.25, 0.3) is 11.5 Å². The molecule has 5 rings (SSSR count). The molecule has 2 aliphatic heterocycles. The molecule has 0 radical (unpaired) electrons. The molecule has 0 aliphatic carbocycles. The topological polar surface area (TPSA) is 38.5 Å².